The van der Waals surface area contributed by atoms with Gasteiger partial charge in [-0.3, -0.25) is 13.8 Å². The van der Waals surface area contributed by atoms with Crippen LogP contribution in [0, 0.1) is 9.87 Å². The van der Waals surface area contributed by atoms with E-state index in [9.17, 15) is 4.79 Å². The van der Waals surface area contributed by atoms with E-state index in [-0.39, 0.29) is 5.56 Å². The number of hydrogen-bond acceptors (Lipinski definition) is 4. The van der Waals surface area contributed by atoms with E-state index in [1.54, 1.807) is 11.3 Å². The molecule has 0 saturated carbocycles. The Balaban J connectivity index is 2.22. The third-order valence-electron chi connectivity index (χ3n) is 3.95. The molecule has 3 aromatic heterocycles. The minimum absolute atomic E-state index is 0.0821. The van der Waals surface area contributed by atoms with Gasteiger partial charge in [0.1, 0.15) is 10.3 Å². The van der Waals surface area contributed by atoms with Crippen molar-refractivity contribution < 1.29 is 0 Å². The first-order chi connectivity index (χ1) is 11.6. The van der Waals surface area contributed by atoms with Crippen LogP contribution in [0.3, 0.4) is 0 Å². The van der Waals surface area contributed by atoms with Gasteiger partial charge in [-0.05, 0) is 35.1 Å². The summed E-state index contributed by atoms with van der Waals surface area (Å²) >= 11 is 8.71. The van der Waals surface area contributed by atoms with Crippen LogP contribution in [-0.4, -0.2) is 8.97 Å². The normalized spacial score (nSPS) is 11.8. The van der Waals surface area contributed by atoms with Crippen LogP contribution in [0.5, 0.6) is 0 Å². The zero-order chi connectivity index (χ0) is 16.8. The standard InChI is InChI=1S/C18H16N2OS3/c1-11(2)10-19-16-14(12-6-4-3-5-7-12)24-18(22)20(16)13-8-9-23-15(13)17(19)21/h3-9,11H,10H2,1-2H3. The molecule has 3 heterocycles. The molecule has 4 rings (SSSR count). The Kier molecular flexibility index (Phi) is 3.90. The molecule has 0 bridgehead atoms. The molecule has 0 N–H and O–H groups in total. The highest BCUT2D eigenvalue weighted by molar-refractivity contribution is 7.73. The first-order valence-electron chi connectivity index (χ1n) is 7.79. The van der Waals surface area contributed by atoms with Crippen LogP contribution in [0.4, 0.5) is 0 Å². The van der Waals surface area contributed by atoms with Gasteiger partial charge >= 0.3 is 0 Å². The predicted molar refractivity (Wildman–Crippen MR) is 106 cm³/mol. The van der Waals surface area contributed by atoms with Crippen LogP contribution in [0.15, 0.2) is 46.6 Å². The van der Waals surface area contributed by atoms with Crippen molar-refractivity contribution in [1.29, 1.82) is 0 Å². The summed E-state index contributed by atoms with van der Waals surface area (Å²) in [6.07, 6.45) is 0. The highest BCUT2D eigenvalue weighted by Crippen LogP contribution is 2.34. The lowest BCUT2D eigenvalue weighted by Crippen LogP contribution is -2.24. The molecule has 3 nitrogen and oxygen atoms in total. The molecule has 122 valence electrons. The van der Waals surface area contributed by atoms with Gasteiger partial charge in [0, 0.05) is 6.54 Å². The van der Waals surface area contributed by atoms with E-state index >= 15 is 0 Å². The molecule has 0 spiro atoms. The van der Waals surface area contributed by atoms with E-state index < -0.39 is 0 Å². The summed E-state index contributed by atoms with van der Waals surface area (Å²) in [7, 11) is 0. The summed E-state index contributed by atoms with van der Waals surface area (Å²) in [5.41, 5.74) is 3.02. The van der Waals surface area contributed by atoms with Crippen molar-refractivity contribution in [2.75, 3.05) is 0 Å². The number of rotatable bonds is 3. The van der Waals surface area contributed by atoms with Gasteiger partial charge in [0.2, 0.25) is 0 Å². The lowest BCUT2D eigenvalue weighted by molar-refractivity contribution is 0.521. The van der Waals surface area contributed by atoms with Crippen molar-refractivity contribution >= 4 is 50.8 Å². The molecule has 0 unspecified atom stereocenters. The molecule has 0 amide bonds. The van der Waals surface area contributed by atoms with Crippen LogP contribution < -0.4 is 5.56 Å². The number of thiophene rings is 1. The van der Waals surface area contributed by atoms with Crippen LogP contribution >= 0.6 is 34.9 Å². The van der Waals surface area contributed by atoms with Gasteiger partial charge in [0.05, 0.1) is 10.4 Å². The molecule has 0 aliphatic rings. The van der Waals surface area contributed by atoms with Gasteiger partial charge in [-0.15, -0.1) is 22.7 Å². The molecular formula is C18H16N2OS3. The number of thiazole rings is 1. The minimum atomic E-state index is 0.0821. The van der Waals surface area contributed by atoms with Crippen molar-refractivity contribution in [3.05, 3.63) is 56.1 Å². The van der Waals surface area contributed by atoms with Gasteiger partial charge in [-0.25, -0.2) is 0 Å². The minimum Gasteiger partial charge on any atom is -0.292 e. The van der Waals surface area contributed by atoms with Gasteiger partial charge in [-0.2, -0.15) is 0 Å². The molecule has 0 aliphatic carbocycles. The van der Waals surface area contributed by atoms with Gasteiger partial charge in [0.25, 0.3) is 5.56 Å². The van der Waals surface area contributed by atoms with Gasteiger partial charge in [0.15, 0.2) is 3.95 Å². The second kappa shape index (κ2) is 5.95. The Hall–Kier alpha value is -1.76. The second-order valence-electron chi connectivity index (χ2n) is 6.17. The quantitative estimate of drug-likeness (QED) is 0.448. The van der Waals surface area contributed by atoms with Crippen molar-refractivity contribution in [3.8, 4) is 10.4 Å². The smallest absolute Gasteiger partial charge is 0.271 e. The number of aromatic nitrogens is 2. The summed E-state index contributed by atoms with van der Waals surface area (Å²) in [5, 5.41) is 1.97. The summed E-state index contributed by atoms with van der Waals surface area (Å²) in [6.45, 7) is 4.94. The van der Waals surface area contributed by atoms with Crippen molar-refractivity contribution in [3.63, 3.8) is 0 Å². The molecule has 4 aromatic rings. The number of benzene rings is 1. The van der Waals surface area contributed by atoms with Crippen molar-refractivity contribution in [2.45, 2.75) is 20.4 Å². The van der Waals surface area contributed by atoms with Crippen LogP contribution in [0.25, 0.3) is 26.3 Å². The van der Waals surface area contributed by atoms with E-state index in [1.807, 2.05) is 34.2 Å². The van der Waals surface area contributed by atoms with Crippen LogP contribution in [-0.2, 0) is 6.54 Å². The highest BCUT2D eigenvalue weighted by Gasteiger charge is 2.19. The predicted octanol–water partition coefficient (Wildman–Crippen LogP) is 5.43. The Morgan fingerprint density at radius 1 is 1.17 bits per heavy atom. The Morgan fingerprint density at radius 2 is 1.92 bits per heavy atom. The van der Waals surface area contributed by atoms with Gasteiger partial charge < -0.3 is 0 Å². The SMILES string of the molecule is CC(C)Cn1c(=O)c2sccc2n2c(=S)sc(-c3ccccc3)c12. The number of fused-ring (bicyclic) bond motifs is 3. The summed E-state index contributed by atoms with van der Waals surface area (Å²) in [4.78, 5) is 14.1. The summed E-state index contributed by atoms with van der Waals surface area (Å²) in [5.74, 6) is 0.376. The first-order valence-corrected chi connectivity index (χ1v) is 9.89. The fourth-order valence-corrected chi connectivity index (χ4v) is 5.25. The fraction of sp³-hybridized carbons (Fsp3) is 0.222. The molecule has 0 atom stereocenters. The van der Waals surface area contributed by atoms with Gasteiger partial charge in [-0.1, -0.05) is 44.2 Å². The molecule has 24 heavy (non-hydrogen) atoms. The average Bonchev–Trinajstić information content (AvgIpc) is 3.16. The molecule has 0 saturated heterocycles. The molecule has 0 aliphatic heterocycles. The van der Waals surface area contributed by atoms with Crippen LogP contribution in [0.1, 0.15) is 13.8 Å². The fourth-order valence-electron chi connectivity index (χ4n) is 2.99. The Labute approximate surface area is 152 Å². The topological polar surface area (TPSA) is 26.4 Å². The van der Waals surface area contributed by atoms with E-state index in [0.29, 0.717) is 12.5 Å². The maximum Gasteiger partial charge on any atom is 0.271 e. The van der Waals surface area contributed by atoms with E-state index in [1.165, 1.54) is 11.3 Å². The van der Waals surface area contributed by atoms with E-state index in [0.717, 1.165) is 30.3 Å². The number of hydrogen-bond donors (Lipinski definition) is 0. The average molecular weight is 373 g/mol. The molecular weight excluding hydrogens is 356 g/mol. The lowest BCUT2D eigenvalue weighted by atomic mass is 10.2. The molecule has 6 heteroatoms. The maximum atomic E-state index is 13.1. The monoisotopic (exact) mass is 372 g/mol. The van der Waals surface area contributed by atoms with Crippen LogP contribution in [0.2, 0.25) is 0 Å². The molecule has 0 radical (unpaired) electrons. The van der Waals surface area contributed by atoms with E-state index in [2.05, 4.69) is 30.4 Å². The highest BCUT2D eigenvalue weighted by atomic mass is 32.1. The van der Waals surface area contributed by atoms with E-state index in [4.69, 9.17) is 12.2 Å². The molecule has 1 aromatic carbocycles. The Bertz CT molecular complexity index is 1150. The maximum absolute atomic E-state index is 13.1. The first kappa shape index (κ1) is 15.7. The third kappa shape index (κ3) is 2.37. The van der Waals surface area contributed by atoms with Crippen molar-refractivity contribution in [2.24, 2.45) is 5.92 Å². The zero-order valence-corrected chi connectivity index (χ0v) is 15.8. The number of nitrogens with zero attached hydrogens (tertiary/aromatic N) is 2. The molecule has 0 fully saturated rings. The largest absolute Gasteiger partial charge is 0.292 e. The second-order valence-corrected chi connectivity index (χ2v) is 8.73. The van der Waals surface area contributed by atoms with Crippen molar-refractivity contribution in [1.82, 2.24) is 8.97 Å². The lowest BCUT2D eigenvalue weighted by Gasteiger charge is -2.13. The third-order valence-corrected chi connectivity index (χ3v) is 6.25. The Morgan fingerprint density at radius 3 is 2.62 bits per heavy atom. The summed E-state index contributed by atoms with van der Waals surface area (Å²) in [6, 6.07) is 12.2. The summed E-state index contributed by atoms with van der Waals surface area (Å²) < 4.78 is 5.53. The zero-order valence-electron chi connectivity index (χ0n) is 13.4.